The number of carbonyl (C=O) groups excluding carboxylic acids is 1. The van der Waals surface area contributed by atoms with E-state index >= 15 is 0 Å². The van der Waals surface area contributed by atoms with E-state index < -0.39 is 0 Å². The molecule has 4 nitrogen and oxygen atoms in total. The summed E-state index contributed by atoms with van der Waals surface area (Å²) in [7, 11) is 1.60. The van der Waals surface area contributed by atoms with Crippen molar-refractivity contribution in [2.75, 3.05) is 7.05 Å². The number of aromatic nitrogens is 2. The minimum atomic E-state index is -0.112. The molecule has 0 unspecified atom stereocenters. The van der Waals surface area contributed by atoms with E-state index in [9.17, 15) is 4.79 Å². The first kappa shape index (κ1) is 9.98. The van der Waals surface area contributed by atoms with Crippen LogP contribution in [-0.2, 0) is 5.88 Å². The van der Waals surface area contributed by atoms with E-state index in [0.717, 1.165) is 11.0 Å². The lowest BCUT2D eigenvalue weighted by atomic mass is 10.2. The lowest BCUT2D eigenvalue weighted by Crippen LogP contribution is -2.17. The Morgan fingerprint density at radius 2 is 2.40 bits per heavy atom. The summed E-state index contributed by atoms with van der Waals surface area (Å²) in [6, 6.07) is 5.30. The number of amides is 1. The fraction of sp³-hybridized carbons (Fsp3) is 0.200. The predicted molar refractivity (Wildman–Crippen MR) is 59.0 cm³/mol. The number of imidazole rings is 1. The zero-order valence-electron chi connectivity index (χ0n) is 8.17. The SMILES string of the molecule is CNC(=O)c1ccc2nc(CCl)[nH]c2c1. The Morgan fingerprint density at radius 1 is 1.60 bits per heavy atom. The molecule has 0 radical (unpaired) electrons. The molecule has 2 aromatic rings. The van der Waals surface area contributed by atoms with Crippen LogP contribution in [0.2, 0.25) is 0 Å². The maximum absolute atomic E-state index is 11.4. The predicted octanol–water partition coefficient (Wildman–Crippen LogP) is 1.66. The number of rotatable bonds is 2. The summed E-state index contributed by atoms with van der Waals surface area (Å²) in [6.07, 6.45) is 0. The average Bonchev–Trinajstić information content (AvgIpc) is 2.69. The van der Waals surface area contributed by atoms with Crippen molar-refractivity contribution in [2.45, 2.75) is 5.88 Å². The molecule has 2 rings (SSSR count). The Morgan fingerprint density at radius 3 is 3.07 bits per heavy atom. The molecular weight excluding hydrogens is 214 g/mol. The first-order valence-corrected chi connectivity index (χ1v) is 5.04. The number of carbonyl (C=O) groups is 1. The van der Waals surface area contributed by atoms with Crippen LogP contribution in [0.1, 0.15) is 16.2 Å². The number of fused-ring (bicyclic) bond motifs is 1. The van der Waals surface area contributed by atoms with E-state index in [-0.39, 0.29) is 5.91 Å². The first-order chi connectivity index (χ1) is 7.24. The van der Waals surface area contributed by atoms with E-state index in [0.29, 0.717) is 17.3 Å². The van der Waals surface area contributed by atoms with Crippen molar-refractivity contribution in [2.24, 2.45) is 0 Å². The third kappa shape index (κ3) is 1.80. The number of aromatic amines is 1. The minimum absolute atomic E-state index is 0.112. The van der Waals surface area contributed by atoms with E-state index in [1.54, 1.807) is 25.2 Å². The molecule has 1 heterocycles. The third-order valence-electron chi connectivity index (χ3n) is 2.15. The van der Waals surface area contributed by atoms with Gasteiger partial charge in [0.2, 0.25) is 0 Å². The van der Waals surface area contributed by atoms with Gasteiger partial charge < -0.3 is 10.3 Å². The highest BCUT2D eigenvalue weighted by Gasteiger charge is 2.06. The second-order valence-electron chi connectivity index (χ2n) is 3.13. The highest BCUT2D eigenvalue weighted by molar-refractivity contribution is 6.16. The summed E-state index contributed by atoms with van der Waals surface area (Å²) >= 11 is 5.65. The van der Waals surface area contributed by atoms with Crippen molar-refractivity contribution in [1.82, 2.24) is 15.3 Å². The summed E-state index contributed by atoms with van der Waals surface area (Å²) in [5.74, 6) is 0.934. The van der Waals surface area contributed by atoms with Crippen LogP contribution in [0.3, 0.4) is 0 Å². The molecule has 0 atom stereocenters. The summed E-state index contributed by atoms with van der Waals surface area (Å²) in [5.41, 5.74) is 2.25. The van der Waals surface area contributed by atoms with Crippen molar-refractivity contribution in [1.29, 1.82) is 0 Å². The Hall–Kier alpha value is -1.55. The summed E-state index contributed by atoms with van der Waals surface area (Å²) in [4.78, 5) is 18.6. The molecule has 0 spiro atoms. The lowest BCUT2D eigenvalue weighted by molar-refractivity contribution is 0.0963. The Bertz CT molecular complexity index is 506. The highest BCUT2D eigenvalue weighted by Crippen LogP contribution is 2.14. The molecule has 1 aromatic carbocycles. The number of hydrogen-bond acceptors (Lipinski definition) is 2. The van der Waals surface area contributed by atoms with Gasteiger partial charge in [0, 0.05) is 12.6 Å². The van der Waals surface area contributed by atoms with Gasteiger partial charge >= 0.3 is 0 Å². The average molecular weight is 224 g/mol. The van der Waals surface area contributed by atoms with E-state index in [1.165, 1.54) is 0 Å². The van der Waals surface area contributed by atoms with Crippen LogP contribution in [0.25, 0.3) is 11.0 Å². The molecule has 0 fully saturated rings. The van der Waals surface area contributed by atoms with Crippen LogP contribution in [0.4, 0.5) is 0 Å². The molecule has 1 aromatic heterocycles. The molecule has 0 saturated heterocycles. The molecule has 0 aliphatic carbocycles. The standard InChI is InChI=1S/C10H10ClN3O/c1-12-10(15)6-2-3-7-8(4-6)14-9(5-11)13-7/h2-4H,5H2,1H3,(H,12,15)(H,13,14). The Labute approximate surface area is 91.7 Å². The normalized spacial score (nSPS) is 10.5. The van der Waals surface area contributed by atoms with Crippen LogP contribution in [0, 0.1) is 0 Å². The van der Waals surface area contributed by atoms with E-state index in [2.05, 4.69) is 15.3 Å². The van der Waals surface area contributed by atoms with Gasteiger partial charge in [-0.1, -0.05) is 0 Å². The summed E-state index contributed by atoms with van der Waals surface area (Å²) in [6.45, 7) is 0. The summed E-state index contributed by atoms with van der Waals surface area (Å²) in [5, 5.41) is 2.57. The Kier molecular flexibility index (Phi) is 2.60. The van der Waals surface area contributed by atoms with Crippen LogP contribution in [0.15, 0.2) is 18.2 Å². The molecule has 0 aliphatic heterocycles. The van der Waals surface area contributed by atoms with Crippen molar-refractivity contribution < 1.29 is 4.79 Å². The number of alkyl halides is 1. The van der Waals surface area contributed by atoms with Crippen molar-refractivity contribution in [3.05, 3.63) is 29.6 Å². The number of H-pyrrole nitrogens is 1. The second-order valence-corrected chi connectivity index (χ2v) is 3.40. The van der Waals surface area contributed by atoms with Crippen LogP contribution >= 0.6 is 11.6 Å². The maximum Gasteiger partial charge on any atom is 0.251 e. The van der Waals surface area contributed by atoms with Crippen LogP contribution in [0.5, 0.6) is 0 Å². The monoisotopic (exact) mass is 223 g/mol. The highest BCUT2D eigenvalue weighted by atomic mass is 35.5. The summed E-state index contributed by atoms with van der Waals surface area (Å²) < 4.78 is 0. The van der Waals surface area contributed by atoms with Gasteiger partial charge in [0.15, 0.2) is 0 Å². The molecule has 78 valence electrons. The number of nitrogens with zero attached hydrogens (tertiary/aromatic N) is 1. The molecule has 2 N–H and O–H groups in total. The van der Waals surface area contributed by atoms with Gasteiger partial charge in [-0.15, -0.1) is 11.6 Å². The minimum Gasteiger partial charge on any atom is -0.355 e. The van der Waals surface area contributed by atoms with Gasteiger partial charge in [0.25, 0.3) is 5.91 Å². The van der Waals surface area contributed by atoms with Crippen LogP contribution < -0.4 is 5.32 Å². The van der Waals surface area contributed by atoms with Gasteiger partial charge in [-0.05, 0) is 18.2 Å². The van der Waals surface area contributed by atoms with Crippen molar-refractivity contribution in [3.8, 4) is 0 Å². The largest absolute Gasteiger partial charge is 0.355 e. The number of hydrogen-bond donors (Lipinski definition) is 2. The first-order valence-electron chi connectivity index (χ1n) is 4.51. The topological polar surface area (TPSA) is 57.8 Å². The van der Waals surface area contributed by atoms with Crippen molar-refractivity contribution in [3.63, 3.8) is 0 Å². The van der Waals surface area contributed by atoms with Gasteiger partial charge in [-0.3, -0.25) is 4.79 Å². The maximum atomic E-state index is 11.4. The molecular formula is C10H10ClN3O. The van der Waals surface area contributed by atoms with Gasteiger partial charge in [0.1, 0.15) is 5.82 Å². The molecule has 5 heteroatoms. The van der Waals surface area contributed by atoms with E-state index in [1.807, 2.05) is 0 Å². The number of halogens is 1. The molecule has 0 saturated carbocycles. The molecule has 0 aliphatic rings. The zero-order chi connectivity index (χ0) is 10.8. The van der Waals surface area contributed by atoms with Crippen molar-refractivity contribution >= 4 is 28.5 Å². The number of nitrogens with one attached hydrogen (secondary N) is 2. The lowest BCUT2D eigenvalue weighted by Gasteiger charge is -1.98. The molecule has 15 heavy (non-hydrogen) atoms. The quantitative estimate of drug-likeness (QED) is 0.761. The fourth-order valence-electron chi connectivity index (χ4n) is 1.41. The number of benzene rings is 1. The van der Waals surface area contributed by atoms with Gasteiger partial charge in [-0.2, -0.15) is 0 Å². The van der Waals surface area contributed by atoms with E-state index in [4.69, 9.17) is 11.6 Å². The van der Waals surface area contributed by atoms with Crippen LogP contribution in [-0.4, -0.2) is 22.9 Å². The zero-order valence-corrected chi connectivity index (χ0v) is 8.93. The smallest absolute Gasteiger partial charge is 0.251 e. The second kappa shape index (κ2) is 3.90. The third-order valence-corrected chi connectivity index (χ3v) is 2.40. The van der Waals surface area contributed by atoms with Gasteiger partial charge in [-0.25, -0.2) is 4.98 Å². The molecule has 1 amide bonds. The molecule has 0 bridgehead atoms. The fourth-order valence-corrected chi connectivity index (χ4v) is 1.54. The Balaban J connectivity index is 2.50. The van der Waals surface area contributed by atoms with Gasteiger partial charge in [0.05, 0.1) is 16.9 Å².